The maximum absolute atomic E-state index is 14.8. The summed E-state index contributed by atoms with van der Waals surface area (Å²) in [4.78, 5) is 21.9. The molecule has 5 aromatic rings. The van der Waals surface area contributed by atoms with Crippen molar-refractivity contribution in [1.82, 2.24) is 30.0 Å². The summed E-state index contributed by atoms with van der Waals surface area (Å²) >= 11 is 0. The predicted octanol–water partition coefficient (Wildman–Crippen LogP) is 3.10. The highest BCUT2D eigenvalue weighted by atomic mass is 19.1. The molecule has 2 aliphatic heterocycles. The van der Waals surface area contributed by atoms with Crippen LogP contribution in [0.5, 0.6) is 0 Å². The van der Waals surface area contributed by atoms with E-state index >= 15 is 0 Å². The highest BCUT2D eigenvalue weighted by molar-refractivity contribution is 5.94. The molecule has 1 saturated heterocycles. The third-order valence-electron chi connectivity index (χ3n) is 7.51. The number of para-hydroxylation sites is 1. The lowest BCUT2D eigenvalue weighted by Gasteiger charge is -2.34. The van der Waals surface area contributed by atoms with Crippen LogP contribution in [0.25, 0.3) is 39.8 Å². The number of benzene rings is 2. The number of aromatic nitrogens is 5. The minimum atomic E-state index is -0.247. The molecule has 38 heavy (non-hydrogen) atoms. The van der Waals surface area contributed by atoms with Crippen molar-refractivity contribution in [2.75, 3.05) is 44.7 Å². The normalized spacial score (nSPS) is 17.7. The Balaban J connectivity index is 1.30. The number of pyridine rings is 1. The van der Waals surface area contributed by atoms with Gasteiger partial charge >= 0.3 is 0 Å². The molecule has 3 aromatic heterocycles. The summed E-state index contributed by atoms with van der Waals surface area (Å²) in [6.45, 7) is 4.32. The number of nitrogens with one attached hydrogen (secondary N) is 2. The van der Waals surface area contributed by atoms with Gasteiger partial charge in [-0.25, -0.2) is 9.37 Å². The van der Waals surface area contributed by atoms with E-state index in [1.54, 1.807) is 18.3 Å². The first-order chi connectivity index (χ1) is 18.6. The standard InChI is InChI=1S/C29H27FN8/c1-37-8-10-38(11-9-37)22-13-19(12-21(30)15-22)23-5-2-6-25-26(23)34-29(33-25)27-24-14-20(17-32-28(24)36-35-27)18-4-3-7-31-16-18/h2-7,12-16,20H,8-11,17H2,1H3,(H,32,36)(H,33,34). The maximum Gasteiger partial charge on any atom is 0.159 e. The minimum absolute atomic E-state index is 0.118. The Hall–Kier alpha value is -4.37. The molecule has 7 rings (SSSR count). The van der Waals surface area contributed by atoms with Crippen LogP contribution in [0.15, 0.2) is 65.9 Å². The second-order valence-corrected chi connectivity index (χ2v) is 10.0. The van der Waals surface area contributed by atoms with E-state index in [9.17, 15) is 4.39 Å². The van der Waals surface area contributed by atoms with Crippen molar-refractivity contribution in [2.45, 2.75) is 5.92 Å². The van der Waals surface area contributed by atoms with E-state index in [4.69, 9.17) is 9.98 Å². The summed E-state index contributed by atoms with van der Waals surface area (Å²) in [6, 6.07) is 15.2. The SMILES string of the molecule is CN1CCN(c2cc(F)cc(-c3cccc4[nH]c(-c5n[nH]c6c5=CC(c5cccnc5)CN=6)nc34)c2)CC1. The van der Waals surface area contributed by atoms with Crippen molar-refractivity contribution >= 4 is 22.8 Å². The van der Waals surface area contributed by atoms with E-state index in [-0.39, 0.29) is 11.7 Å². The Kier molecular flexibility index (Phi) is 5.51. The van der Waals surface area contributed by atoms with Crippen LogP contribution in [0, 0.1) is 5.82 Å². The van der Waals surface area contributed by atoms with Gasteiger partial charge in [0.2, 0.25) is 0 Å². The number of hydrogen-bond donors (Lipinski definition) is 2. The lowest BCUT2D eigenvalue weighted by atomic mass is 9.98. The fraction of sp³-hybridized carbons (Fsp3) is 0.241. The lowest BCUT2D eigenvalue weighted by molar-refractivity contribution is 0.313. The molecule has 8 nitrogen and oxygen atoms in total. The van der Waals surface area contributed by atoms with Gasteiger partial charge in [-0.05, 0) is 48.5 Å². The van der Waals surface area contributed by atoms with Crippen LogP contribution in [0.4, 0.5) is 10.1 Å². The first-order valence-corrected chi connectivity index (χ1v) is 12.9. The Labute approximate surface area is 218 Å². The van der Waals surface area contributed by atoms with Crippen LogP contribution >= 0.6 is 0 Å². The fourth-order valence-corrected chi connectivity index (χ4v) is 5.39. The zero-order valence-corrected chi connectivity index (χ0v) is 21.0. The number of likely N-dealkylation sites (N-methyl/N-ethyl adjacent to an activating group) is 1. The van der Waals surface area contributed by atoms with Gasteiger partial charge in [-0.1, -0.05) is 24.3 Å². The van der Waals surface area contributed by atoms with Crippen LogP contribution in [-0.4, -0.2) is 69.8 Å². The molecule has 1 unspecified atom stereocenters. The highest BCUT2D eigenvalue weighted by Crippen LogP contribution is 2.32. The Morgan fingerprint density at radius 3 is 2.76 bits per heavy atom. The van der Waals surface area contributed by atoms with Gasteiger partial charge in [-0.3, -0.25) is 15.1 Å². The molecule has 0 spiro atoms. The molecule has 5 heterocycles. The van der Waals surface area contributed by atoms with Gasteiger partial charge in [0.1, 0.15) is 11.5 Å². The zero-order chi connectivity index (χ0) is 25.6. The van der Waals surface area contributed by atoms with Crippen molar-refractivity contribution in [3.63, 3.8) is 0 Å². The smallest absolute Gasteiger partial charge is 0.159 e. The van der Waals surface area contributed by atoms with Crippen molar-refractivity contribution in [1.29, 1.82) is 0 Å². The van der Waals surface area contributed by atoms with Gasteiger partial charge in [-0.2, -0.15) is 5.10 Å². The molecular weight excluding hydrogens is 479 g/mol. The number of rotatable bonds is 4. The number of halogens is 1. The summed E-state index contributed by atoms with van der Waals surface area (Å²) < 4.78 is 14.8. The molecule has 0 radical (unpaired) electrons. The average molecular weight is 507 g/mol. The number of anilines is 1. The summed E-state index contributed by atoms with van der Waals surface area (Å²) in [5.41, 5.74) is 6.83. The zero-order valence-electron chi connectivity index (χ0n) is 21.0. The number of fused-ring (bicyclic) bond motifs is 2. The molecule has 0 amide bonds. The van der Waals surface area contributed by atoms with Crippen molar-refractivity contribution in [3.8, 4) is 22.6 Å². The molecule has 2 aliphatic rings. The second kappa shape index (κ2) is 9.18. The summed E-state index contributed by atoms with van der Waals surface area (Å²) in [5, 5.41) is 8.54. The van der Waals surface area contributed by atoms with Gasteiger partial charge in [-0.15, -0.1) is 0 Å². The molecule has 0 aliphatic carbocycles. The monoisotopic (exact) mass is 506 g/mol. The number of piperazine rings is 1. The van der Waals surface area contributed by atoms with Gasteiger partial charge in [0, 0.05) is 61.0 Å². The van der Waals surface area contributed by atoms with Gasteiger partial charge in [0.05, 0.1) is 17.6 Å². The number of H-pyrrole nitrogens is 2. The van der Waals surface area contributed by atoms with E-state index in [1.807, 2.05) is 30.5 Å². The van der Waals surface area contributed by atoms with Gasteiger partial charge < -0.3 is 14.8 Å². The third-order valence-corrected chi connectivity index (χ3v) is 7.51. The van der Waals surface area contributed by atoms with Crippen LogP contribution in [0.1, 0.15) is 11.5 Å². The first kappa shape index (κ1) is 22.8. The van der Waals surface area contributed by atoms with Crippen molar-refractivity contribution in [3.05, 3.63) is 83.0 Å². The Morgan fingerprint density at radius 1 is 1.03 bits per heavy atom. The topological polar surface area (TPSA) is 89.1 Å². The van der Waals surface area contributed by atoms with E-state index in [2.05, 4.69) is 55.2 Å². The molecule has 0 saturated carbocycles. The van der Waals surface area contributed by atoms with E-state index < -0.39 is 0 Å². The minimum Gasteiger partial charge on any atom is -0.369 e. The molecule has 1 atom stereocenters. The molecular formula is C29H27FN8. The number of hydrogen-bond acceptors (Lipinski definition) is 6. The number of nitrogens with zero attached hydrogens (tertiary/aromatic N) is 6. The van der Waals surface area contributed by atoms with Crippen molar-refractivity contribution in [2.24, 2.45) is 4.99 Å². The number of aromatic amines is 2. The Morgan fingerprint density at radius 2 is 1.92 bits per heavy atom. The molecule has 9 heteroatoms. The third kappa shape index (κ3) is 4.05. The van der Waals surface area contributed by atoms with Crippen LogP contribution < -0.4 is 15.6 Å². The largest absolute Gasteiger partial charge is 0.369 e. The van der Waals surface area contributed by atoms with Gasteiger partial charge in [0.25, 0.3) is 0 Å². The lowest BCUT2D eigenvalue weighted by Crippen LogP contribution is -2.44. The molecule has 2 aromatic carbocycles. The summed E-state index contributed by atoms with van der Waals surface area (Å²) in [5.74, 6) is 0.523. The quantitative estimate of drug-likeness (QED) is 0.391. The van der Waals surface area contributed by atoms with Crippen LogP contribution in [-0.2, 0) is 0 Å². The maximum atomic E-state index is 14.8. The number of imidazole rings is 1. The predicted molar refractivity (Wildman–Crippen MR) is 146 cm³/mol. The Bertz CT molecular complexity index is 1750. The first-order valence-electron chi connectivity index (χ1n) is 12.9. The van der Waals surface area contributed by atoms with E-state index in [1.165, 1.54) is 0 Å². The fourth-order valence-electron chi connectivity index (χ4n) is 5.39. The molecule has 0 bridgehead atoms. The summed E-state index contributed by atoms with van der Waals surface area (Å²) in [7, 11) is 2.12. The van der Waals surface area contributed by atoms with Crippen LogP contribution in [0.2, 0.25) is 0 Å². The van der Waals surface area contributed by atoms with Gasteiger partial charge in [0.15, 0.2) is 11.3 Å². The molecule has 190 valence electrons. The highest BCUT2D eigenvalue weighted by Gasteiger charge is 2.20. The van der Waals surface area contributed by atoms with E-state index in [0.717, 1.165) is 76.0 Å². The second-order valence-electron chi connectivity index (χ2n) is 10.0. The van der Waals surface area contributed by atoms with Crippen molar-refractivity contribution < 1.29 is 4.39 Å². The molecule has 2 N–H and O–H groups in total. The van der Waals surface area contributed by atoms with Crippen LogP contribution in [0.3, 0.4) is 0 Å². The average Bonchev–Trinajstić information content (AvgIpc) is 3.57. The summed E-state index contributed by atoms with van der Waals surface area (Å²) in [6.07, 6.45) is 5.84. The molecule has 1 fully saturated rings. The van der Waals surface area contributed by atoms with E-state index in [0.29, 0.717) is 12.4 Å².